The minimum Gasteiger partial charge on any atom is -0.463 e. The maximum atomic E-state index is 11.2. The third-order valence-corrected chi connectivity index (χ3v) is 2.10. The first-order chi connectivity index (χ1) is 8.06. The minimum atomic E-state index is -1.26. The van der Waals surface area contributed by atoms with Crippen molar-refractivity contribution in [2.75, 3.05) is 13.7 Å². The lowest BCUT2D eigenvalue weighted by Gasteiger charge is -2.07. The van der Waals surface area contributed by atoms with E-state index < -0.39 is 18.0 Å². The Morgan fingerprint density at radius 2 is 2.35 bits per heavy atom. The molecular weight excluding hydrogens is 228 g/mol. The quantitative estimate of drug-likeness (QED) is 0.551. The average molecular weight is 242 g/mol. The Labute approximate surface area is 97.5 Å². The minimum absolute atomic E-state index is 0.00112. The molecule has 1 unspecified atom stereocenters. The van der Waals surface area contributed by atoms with Crippen LogP contribution in [0.15, 0.2) is 16.7 Å². The van der Waals surface area contributed by atoms with Crippen molar-refractivity contribution in [3.63, 3.8) is 0 Å². The Morgan fingerprint density at radius 1 is 1.65 bits per heavy atom. The summed E-state index contributed by atoms with van der Waals surface area (Å²) in [5.74, 6) is -1.30. The van der Waals surface area contributed by atoms with Crippen LogP contribution in [0.4, 0.5) is 0 Å². The number of rotatable bonds is 6. The predicted octanol–water partition coefficient (Wildman–Crippen LogP) is -0.998. The molecule has 1 amide bonds. The molecule has 1 aromatic rings. The topological polar surface area (TPSA) is 115 Å². The van der Waals surface area contributed by atoms with Crippen LogP contribution in [0, 0.1) is 0 Å². The van der Waals surface area contributed by atoms with Crippen LogP contribution in [0.25, 0.3) is 0 Å². The van der Waals surface area contributed by atoms with Crippen LogP contribution in [0.1, 0.15) is 16.1 Å². The van der Waals surface area contributed by atoms with Crippen LogP contribution in [0.2, 0.25) is 0 Å². The third-order valence-electron chi connectivity index (χ3n) is 2.10. The molecule has 1 aromatic heterocycles. The largest absolute Gasteiger partial charge is 0.463 e. The molecule has 1 heterocycles. The fourth-order valence-electron chi connectivity index (χ4n) is 1.19. The van der Waals surface area contributed by atoms with Gasteiger partial charge in [-0.3, -0.25) is 4.79 Å². The lowest BCUT2D eigenvalue weighted by Crippen LogP contribution is -2.37. The monoisotopic (exact) mass is 242 g/mol. The van der Waals surface area contributed by atoms with Gasteiger partial charge in [0.1, 0.15) is 6.10 Å². The van der Waals surface area contributed by atoms with Gasteiger partial charge >= 0.3 is 5.97 Å². The Balaban J connectivity index is 2.50. The van der Waals surface area contributed by atoms with Gasteiger partial charge in [0, 0.05) is 18.7 Å². The zero-order valence-electron chi connectivity index (χ0n) is 9.30. The summed E-state index contributed by atoms with van der Waals surface area (Å²) in [5, 5.41) is 11.9. The predicted molar refractivity (Wildman–Crippen MR) is 57.0 cm³/mol. The van der Waals surface area contributed by atoms with Crippen LogP contribution in [-0.4, -0.2) is 36.7 Å². The first kappa shape index (κ1) is 13.2. The summed E-state index contributed by atoms with van der Waals surface area (Å²) in [5.41, 5.74) is 5.45. The van der Waals surface area contributed by atoms with Gasteiger partial charge in [-0.2, -0.15) is 0 Å². The summed E-state index contributed by atoms with van der Waals surface area (Å²) < 4.78 is 9.47. The fourth-order valence-corrected chi connectivity index (χ4v) is 1.19. The van der Waals surface area contributed by atoms with Crippen molar-refractivity contribution in [3.8, 4) is 0 Å². The summed E-state index contributed by atoms with van der Waals surface area (Å²) in [6, 6.07) is 1.59. The van der Waals surface area contributed by atoms with E-state index in [1.165, 1.54) is 13.4 Å². The number of primary amides is 1. The Kier molecular flexibility index (Phi) is 4.68. The number of hydrogen-bond donors (Lipinski definition) is 3. The maximum absolute atomic E-state index is 11.2. The molecule has 0 aliphatic heterocycles. The summed E-state index contributed by atoms with van der Waals surface area (Å²) in [6.07, 6.45) is 0.0943. The number of aliphatic hydroxyl groups excluding tert-OH is 1. The first-order valence-electron chi connectivity index (χ1n) is 4.89. The number of carbonyl (C=O) groups excluding carboxylic acids is 2. The zero-order chi connectivity index (χ0) is 12.8. The smallest absolute Gasteiger partial charge is 0.374 e. The van der Waals surface area contributed by atoms with E-state index in [0.29, 0.717) is 5.56 Å². The van der Waals surface area contributed by atoms with Crippen LogP contribution < -0.4 is 11.1 Å². The number of aliphatic hydroxyl groups is 1. The number of ether oxygens (including phenoxy) is 1. The van der Waals surface area contributed by atoms with Crippen LogP contribution in [0.3, 0.4) is 0 Å². The molecule has 0 aliphatic carbocycles. The fraction of sp³-hybridized carbons (Fsp3) is 0.400. The van der Waals surface area contributed by atoms with Crippen molar-refractivity contribution >= 4 is 11.9 Å². The molecule has 0 saturated carbocycles. The lowest BCUT2D eigenvalue weighted by atomic mass is 10.2. The molecular formula is C10H14N2O5. The highest BCUT2D eigenvalue weighted by Crippen LogP contribution is 2.11. The summed E-state index contributed by atoms with van der Waals surface area (Å²) in [7, 11) is 1.25. The van der Waals surface area contributed by atoms with E-state index in [2.05, 4.69) is 10.1 Å². The van der Waals surface area contributed by atoms with Gasteiger partial charge in [0.2, 0.25) is 11.7 Å². The number of methoxy groups -OCH3 is 1. The number of amides is 1. The van der Waals surface area contributed by atoms with E-state index in [1.54, 1.807) is 6.07 Å². The van der Waals surface area contributed by atoms with Gasteiger partial charge in [-0.05, 0) is 6.07 Å². The van der Waals surface area contributed by atoms with Crippen LogP contribution in [-0.2, 0) is 16.1 Å². The molecule has 0 aromatic carbocycles. The molecule has 4 N–H and O–H groups in total. The van der Waals surface area contributed by atoms with Crippen LogP contribution in [0.5, 0.6) is 0 Å². The molecule has 0 saturated heterocycles. The molecule has 0 aliphatic rings. The van der Waals surface area contributed by atoms with E-state index in [4.69, 9.17) is 15.3 Å². The van der Waals surface area contributed by atoms with E-state index in [-0.39, 0.29) is 18.8 Å². The number of furan rings is 1. The molecule has 0 spiro atoms. The van der Waals surface area contributed by atoms with Gasteiger partial charge in [-0.15, -0.1) is 0 Å². The molecule has 1 rings (SSSR count). The second kappa shape index (κ2) is 6.02. The van der Waals surface area contributed by atoms with Gasteiger partial charge in [0.15, 0.2) is 0 Å². The van der Waals surface area contributed by atoms with Gasteiger partial charge in [0.25, 0.3) is 0 Å². The average Bonchev–Trinajstić information content (AvgIpc) is 2.76. The van der Waals surface area contributed by atoms with E-state index >= 15 is 0 Å². The van der Waals surface area contributed by atoms with Gasteiger partial charge in [-0.1, -0.05) is 0 Å². The number of carbonyl (C=O) groups is 2. The highest BCUT2D eigenvalue weighted by molar-refractivity contribution is 5.87. The van der Waals surface area contributed by atoms with Gasteiger partial charge in [0.05, 0.1) is 13.4 Å². The number of nitrogens with two attached hydrogens (primary N) is 1. The Hall–Kier alpha value is -1.86. The normalized spacial score (nSPS) is 12.1. The van der Waals surface area contributed by atoms with Gasteiger partial charge in [-0.25, -0.2) is 4.79 Å². The summed E-state index contributed by atoms with van der Waals surface area (Å²) >= 11 is 0. The van der Waals surface area contributed by atoms with Crippen molar-refractivity contribution in [2.24, 2.45) is 5.73 Å². The first-order valence-corrected chi connectivity index (χ1v) is 4.89. The van der Waals surface area contributed by atoms with Crippen molar-refractivity contribution in [1.29, 1.82) is 0 Å². The molecule has 0 radical (unpaired) electrons. The Bertz CT molecular complexity index is 401. The molecule has 1 atom stereocenters. The SMILES string of the molecule is COC(=O)c1occc1CNCC(O)C(N)=O. The molecule has 7 heteroatoms. The van der Waals surface area contributed by atoms with E-state index in [9.17, 15) is 9.59 Å². The van der Waals surface area contributed by atoms with E-state index in [1.807, 2.05) is 0 Å². The van der Waals surface area contributed by atoms with Crippen molar-refractivity contribution in [2.45, 2.75) is 12.6 Å². The third kappa shape index (κ3) is 3.58. The number of esters is 1. The standard InChI is InChI=1S/C10H14N2O5/c1-16-10(15)8-6(2-3-17-8)4-12-5-7(13)9(11)14/h2-3,7,12-13H,4-5H2,1H3,(H2,11,14). The highest BCUT2D eigenvalue weighted by atomic mass is 16.5. The van der Waals surface area contributed by atoms with Crippen molar-refractivity contribution in [1.82, 2.24) is 5.32 Å². The van der Waals surface area contributed by atoms with Crippen molar-refractivity contribution < 1.29 is 23.8 Å². The molecule has 0 fully saturated rings. The highest BCUT2D eigenvalue weighted by Gasteiger charge is 2.16. The molecule has 17 heavy (non-hydrogen) atoms. The van der Waals surface area contributed by atoms with Crippen LogP contribution >= 0.6 is 0 Å². The second-order valence-corrected chi connectivity index (χ2v) is 3.32. The second-order valence-electron chi connectivity index (χ2n) is 3.32. The summed E-state index contributed by atoms with van der Waals surface area (Å²) in [6.45, 7) is 0.256. The van der Waals surface area contributed by atoms with Crippen molar-refractivity contribution in [3.05, 3.63) is 23.7 Å². The molecule has 0 bridgehead atoms. The summed E-state index contributed by atoms with van der Waals surface area (Å²) in [4.78, 5) is 21.8. The van der Waals surface area contributed by atoms with Gasteiger partial charge < -0.3 is 25.3 Å². The van der Waals surface area contributed by atoms with E-state index in [0.717, 1.165) is 0 Å². The number of hydrogen-bond acceptors (Lipinski definition) is 6. The molecule has 94 valence electrons. The molecule has 7 nitrogen and oxygen atoms in total. The zero-order valence-corrected chi connectivity index (χ0v) is 9.30. The maximum Gasteiger partial charge on any atom is 0.374 e. The lowest BCUT2D eigenvalue weighted by molar-refractivity contribution is -0.125. The Morgan fingerprint density at radius 3 is 2.94 bits per heavy atom. The number of nitrogens with one attached hydrogen (secondary N) is 1.